The number of nitrogens with zero attached hydrogens (tertiary/aromatic N) is 5. The van der Waals surface area contributed by atoms with Gasteiger partial charge in [0.15, 0.2) is 0 Å². The van der Waals surface area contributed by atoms with Gasteiger partial charge in [-0.2, -0.15) is 0 Å². The monoisotopic (exact) mass is 973 g/mol. The van der Waals surface area contributed by atoms with Crippen LogP contribution in [0, 0.1) is 43.7 Å². The first-order valence-electron chi connectivity index (χ1n) is 23.0. The first-order chi connectivity index (χ1) is 33.0. The molecular formula is C61H49N5OPd-2. The van der Waals surface area contributed by atoms with E-state index < -0.39 is 0 Å². The van der Waals surface area contributed by atoms with Crippen molar-refractivity contribution in [3.63, 3.8) is 0 Å². The topological polar surface area (TPSA) is 49.8 Å². The van der Waals surface area contributed by atoms with Crippen LogP contribution >= 0.6 is 0 Å². The number of hydrogen-bond acceptors (Lipinski definition) is 3. The van der Waals surface area contributed by atoms with Gasteiger partial charge >= 0.3 is 339 Å². The first-order valence-corrected chi connectivity index (χ1v) is 23.8. The molecule has 0 aliphatic carbocycles. The third-order valence-corrected chi connectivity index (χ3v) is 14.1. The summed E-state index contributed by atoms with van der Waals surface area (Å²) in [6.45, 7) is 15.6. The number of para-hydroxylation sites is 3. The minimum atomic E-state index is -0.214. The van der Waals surface area contributed by atoms with Crippen LogP contribution in [-0.2, 0) is 24.2 Å². The Morgan fingerprint density at radius 1 is 0.544 bits per heavy atom. The van der Waals surface area contributed by atoms with Crippen LogP contribution in [0.1, 0.15) is 48.6 Å². The normalized spacial score (nSPS) is 11.8. The van der Waals surface area contributed by atoms with Crippen LogP contribution in [0.3, 0.4) is 0 Å². The summed E-state index contributed by atoms with van der Waals surface area (Å²) in [7, 11) is 0. The van der Waals surface area contributed by atoms with Crippen molar-refractivity contribution < 1.29 is 23.5 Å². The molecule has 0 bridgehead atoms. The fourth-order valence-corrected chi connectivity index (χ4v) is 10.5. The van der Waals surface area contributed by atoms with Gasteiger partial charge in [-0.25, -0.2) is 0 Å². The molecule has 11 aromatic rings. The predicted molar refractivity (Wildman–Crippen MR) is 274 cm³/mol. The summed E-state index contributed by atoms with van der Waals surface area (Å²) in [6, 6.07) is 60.8. The van der Waals surface area contributed by atoms with Gasteiger partial charge in [-0.3, -0.25) is 4.98 Å². The molecule has 7 heteroatoms. The summed E-state index contributed by atoms with van der Waals surface area (Å²) in [5, 5.41) is 2.19. The molecule has 336 valence electrons. The summed E-state index contributed by atoms with van der Waals surface area (Å²) in [5.74, 6) is 1.99. The fourth-order valence-electron chi connectivity index (χ4n) is 9.75. The Kier molecular flexibility index (Phi) is 10.8. The van der Waals surface area contributed by atoms with Crippen LogP contribution in [0.15, 0.2) is 170 Å². The van der Waals surface area contributed by atoms with E-state index in [0.717, 1.165) is 87.3 Å². The second kappa shape index (κ2) is 17.0. The number of rotatable bonds is 8. The number of aryl methyl sites for hydroxylation is 1. The van der Waals surface area contributed by atoms with Crippen molar-refractivity contribution in [2.75, 3.05) is 0 Å². The summed E-state index contributed by atoms with van der Waals surface area (Å²) < 4.78 is 14.7. The Balaban J connectivity index is 1.10. The van der Waals surface area contributed by atoms with E-state index in [9.17, 15) is 0 Å². The fraction of sp³-hybridized carbons (Fsp3) is 0.131. The summed E-state index contributed by atoms with van der Waals surface area (Å²) >= 11 is 3.85. The van der Waals surface area contributed by atoms with E-state index in [1.165, 1.54) is 27.8 Å². The van der Waals surface area contributed by atoms with Gasteiger partial charge in [0.05, 0.1) is 0 Å². The zero-order chi connectivity index (χ0) is 46.8. The van der Waals surface area contributed by atoms with Crippen LogP contribution in [0.4, 0.5) is 0 Å². The van der Waals surface area contributed by atoms with Crippen molar-refractivity contribution in [1.82, 2.24) is 23.7 Å². The number of imidazole rings is 1. The van der Waals surface area contributed by atoms with E-state index in [0.29, 0.717) is 11.5 Å². The zero-order valence-corrected chi connectivity index (χ0v) is 40.7. The second-order valence-electron chi connectivity index (χ2n) is 18.6. The van der Waals surface area contributed by atoms with Crippen LogP contribution in [0.5, 0.6) is 11.5 Å². The molecule has 0 atom stereocenters. The molecular weight excluding hydrogens is 925 g/mol. The molecule has 4 aromatic heterocycles. The van der Waals surface area contributed by atoms with Crippen molar-refractivity contribution in [3.05, 3.63) is 214 Å². The van der Waals surface area contributed by atoms with Gasteiger partial charge in [0.25, 0.3) is 0 Å². The van der Waals surface area contributed by atoms with Gasteiger partial charge in [0, 0.05) is 24.2 Å². The second-order valence-corrected chi connectivity index (χ2v) is 19.3. The standard InChI is InChI=1S/C61H49N5O.Pd/c1-39-32-57(63-37-52(39)43-28-30-62-31-29-43)66-53-23-15-14-22-50(53)51-27-26-48(36-56(51)66)67-49-34-46(61(5,6)7)33-47(35-49)64-38-65(55-25-17-16-24-54(55)64)60-58(44-18-10-8-11-19-44)41(3)40(2)42(4)59(60)45-20-12-9-13-21-45;/h8-34,37H,1-7H3;/q-2;. The molecule has 11 rings (SSSR count). The molecule has 0 unspecified atom stereocenters. The van der Waals surface area contributed by atoms with Crippen LogP contribution < -0.4 is 4.74 Å². The van der Waals surface area contributed by atoms with Crippen LogP contribution in [0.2, 0.25) is 0 Å². The first kappa shape index (κ1) is 43.2. The van der Waals surface area contributed by atoms with E-state index in [-0.39, 0.29) is 5.41 Å². The summed E-state index contributed by atoms with van der Waals surface area (Å²) in [4.78, 5) is 9.26. The van der Waals surface area contributed by atoms with Gasteiger partial charge in [-0.1, -0.05) is 12.1 Å². The van der Waals surface area contributed by atoms with E-state index in [1.54, 1.807) is 0 Å². The van der Waals surface area contributed by atoms with E-state index in [1.807, 2.05) is 36.8 Å². The SMILES string of the molecule is Cc1cc(-n2c3[c-]c(Oc4[c-]c(-n5[c](=[Pd])n(-c6c(-c7ccccc7)c(C)c(C)c(C)c6-c6ccccc6)c6ccccc65)cc(C(C)(C)C)c4)ccc3c3ccccc32)ncc1-c1ccncc1. The molecule has 68 heavy (non-hydrogen) atoms. The quantitative estimate of drug-likeness (QED) is 0.113. The Bertz CT molecular complexity index is 3740. The molecule has 0 N–H and O–H groups in total. The smallest absolute Gasteiger partial charge is 0.265 e. The molecule has 0 radical (unpaired) electrons. The third-order valence-electron chi connectivity index (χ3n) is 13.4. The molecule has 7 aromatic carbocycles. The maximum atomic E-state index is 6.93. The van der Waals surface area contributed by atoms with Crippen molar-refractivity contribution in [1.29, 1.82) is 0 Å². The predicted octanol–water partition coefficient (Wildman–Crippen LogP) is 15.3. The number of ether oxygens (including phenoxy) is 1. The van der Waals surface area contributed by atoms with Crippen molar-refractivity contribution in [2.45, 2.75) is 53.9 Å². The molecule has 6 nitrogen and oxygen atoms in total. The third kappa shape index (κ3) is 7.35. The van der Waals surface area contributed by atoms with Crippen LogP contribution in [-0.4, -0.2) is 23.7 Å². The van der Waals surface area contributed by atoms with Gasteiger partial charge in [0.2, 0.25) is 0 Å². The molecule has 0 saturated carbocycles. The van der Waals surface area contributed by atoms with Gasteiger partial charge in [-0.15, -0.1) is 0 Å². The summed E-state index contributed by atoms with van der Waals surface area (Å²) in [6.07, 6.45) is 5.58. The maximum absolute atomic E-state index is 6.93. The number of hydrogen-bond donors (Lipinski definition) is 0. The molecule has 0 aliphatic rings. The number of aromatic nitrogens is 5. The van der Waals surface area contributed by atoms with E-state index >= 15 is 0 Å². The van der Waals surface area contributed by atoms with Crippen LogP contribution in [0.25, 0.3) is 83.4 Å². The Labute approximate surface area is 407 Å². The molecule has 0 saturated heterocycles. The minimum absolute atomic E-state index is 0.214. The number of fused-ring (bicyclic) bond motifs is 4. The van der Waals surface area contributed by atoms with Crippen molar-refractivity contribution >= 4 is 32.8 Å². The van der Waals surface area contributed by atoms with Crippen molar-refractivity contribution in [3.8, 4) is 62.1 Å². The van der Waals surface area contributed by atoms with E-state index in [4.69, 9.17) is 9.72 Å². The van der Waals surface area contributed by atoms with Gasteiger partial charge < -0.3 is 0 Å². The average Bonchev–Trinajstić information content (AvgIpc) is 3.84. The molecule has 0 amide bonds. The Hall–Kier alpha value is -7.43. The molecule has 0 spiro atoms. The molecule has 0 aliphatic heterocycles. The van der Waals surface area contributed by atoms with Gasteiger partial charge in [0.1, 0.15) is 0 Å². The zero-order valence-electron chi connectivity index (χ0n) is 39.1. The molecule has 0 fully saturated rings. The van der Waals surface area contributed by atoms with Gasteiger partial charge in [-0.05, 0) is 30.2 Å². The minimum Gasteiger partial charge on any atom is -0.265 e. The van der Waals surface area contributed by atoms with E-state index in [2.05, 4.69) is 231 Å². The summed E-state index contributed by atoms with van der Waals surface area (Å²) in [5.41, 5.74) is 18.7. The average molecular weight is 975 g/mol. The molecule has 4 heterocycles. The number of benzene rings is 7. The Morgan fingerprint density at radius 2 is 1.15 bits per heavy atom. The Morgan fingerprint density at radius 3 is 1.78 bits per heavy atom. The number of pyridine rings is 2. The van der Waals surface area contributed by atoms with Crippen molar-refractivity contribution in [2.24, 2.45) is 0 Å².